The van der Waals surface area contributed by atoms with Crippen LogP contribution in [0.4, 0.5) is 4.79 Å². The van der Waals surface area contributed by atoms with Gasteiger partial charge in [-0.05, 0) is 24.7 Å². The number of esters is 1. The van der Waals surface area contributed by atoms with Crippen molar-refractivity contribution >= 4 is 46.2 Å². The maximum absolute atomic E-state index is 11.7. The number of hydrogen-bond acceptors (Lipinski definition) is 6. The lowest BCUT2D eigenvalue weighted by Crippen LogP contribution is -2.42. The largest absolute Gasteiger partial charge is 0.455 e. The van der Waals surface area contributed by atoms with E-state index in [1.807, 2.05) is 13.8 Å². The molecule has 1 saturated heterocycles. The van der Waals surface area contributed by atoms with E-state index in [9.17, 15) is 14.4 Å². The predicted molar refractivity (Wildman–Crippen MR) is 102 cm³/mol. The second kappa shape index (κ2) is 11.3. The highest BCUT2D eigenvalue weighted by atomic mass is 32.2. The molecular formula is C16H27N3O4S2. The fourth-order valence-corrected chi connectivity index (χ4v) is 3.14. The molecule has 0 atom stereocenters. The monoisotopic (exact) mass is 389 g/mol. The molecule has 0 spiro atoms. The number of imide groups is 1. The first-order valence-corrected chi connectivity index (χ1v) is 9.82. The summed E-state index contributed by atoms with van der Waals surface area (Å²) >= 11 is 6.56. The summed E-state index contributed by atoms with van der Waals surface area (Å²) in [6.07, 6.45) is 2.20. The first kappa shape index (κ1) is 21.7. The van der Waals surface area contributed by atoms with Crippen molar-refractivity contribution in [3.05, 3.63) is 0 Å². The quantitative estimate of drug-likeness (QED) is 0.529. The second-order valence-electron chi connectivity index (χ2n) is 6.54. The summed E-state index contributed by atoms with van der Waals surface area (Å²) in [5.74, 6) is -0.145. The van der Waals surface area contributed by atoms with E-state index in [0.29, 0.717) is 16.8 Å². The number of thioether (sulfide) groups is 1. The Morgan fingerprint density at radius 3 is 2.52 bits per heavy atom. The minimum Gasteiger partial charge on any atom is -0.455 e. The molecule has 25 heavy (non-hydrogen) atoms. The van der Waals surface area contributed by atoms with Gasteiger partial charge in [-0.15, -0.1) is 0 Å². The number of nitrogens with one attached hydrogen (secondary N) is 2. The topological polar surface area (TPSA) is 87.7 Å². The summed E-state index contributed by atoms with van der Waals surface area (Å²) in [5.41, 5.74) is 0. The number of nitrogens with zero attached hydrogens (tertiary/aromatic N) is 1. The highest BCUT2D eigenvalue weighted by Gasteiger charge is 2.19. The van der Waals surface area contributed by atoms with Crippen LogP contribution in [0.2, 0.25) is 0 Å². The van der Waals surface area contributed by atoms with Gasteiger partial charge in [0.2, 0.25) is 0 Å². The molecule has 0 unspecified atom stereocenters. The Morgan fingerprint density at radius 1 is 1.28 bits per heavy atom. The highest BCUT2D eigenvalue weighted by Crippen LogP contribution is 2.20. The Balaban J connectivity index is 2.16. The number of piperidine rings is 1. The van der Waals surface area contributed by atoms with Crippen molar-refractivity contribution in [2.45, 2.75) is 33.6 Å². The molecule has 142 valence electrons. The number of likely N-dealkylation sites (tertiary alicyclic amines) is 1. The van der Waals surface area contributed by atoms with Crippen molar-refractivity contribution in [1.29, 1.82) is 0 Å². The average molecular weight is 390 g/mol. The van der Waals surface area contributed by atoms with Crippen molar-refractivity contribution < 1.29 is 19.1 Å². The Bertz CT molecular complexity index is 492. The van der Waals surface area contributed by atoms with E-state index in [2.05, 4.69) is 22.5 Å². The van der Waals surface area contributed by atoms with Gasteiger partial charge in [-0.25, -0.2) is 4.79 Å². The summed E-state index contributed by atoms with van der Waals surface area (Å²) in [4.78, 5) is 36.7. The maximum Gasteiger partial charge on any atom is 0.321 e. The number of hydrogen-bond donors (Lipinski definition) is 2. The van der Waals surface area contributed by atoms with Gasteiger partial charge >= 0.3 is 12.0 Å². The maximum atomic E-state index is 11.7. The fraction of sp³-hybridized carbons (Fsp3) is 0.750. The van der Waals surface area contributed by atoms with Gasteiger partial charge in [-0.2, -0.15) is 0 Å². The molecule has 1 heterocycles. The van der Waals surface area contributed by atoms with Gasteiger partial charge in [0.05, 0.1) is 5.75 Å². The van der Waals surface area contributed by atoms with E-state index < -0.39 is 24.5 Å². The highest BCUT2D eigenvalue weighted by molar-refractivity contribution is 8.23. The van der Waals surface area contributed by atoms with Crippen molar-refractivity contribution in [3.8, 4) is 0 Å². The standard InChI is InChI=1S/C16H27N3O4S2/c1-11(2)8-17-15(22)18-13(20)9-23-14(21)10-25-16(24)19-6-4-12(3)5-7-19/h11-12H,4-10H2,1-3H3,(H2,17,18,20,22). The zero-order valence-corrected chi connectivity index (χ0v) is 16.6. The lowest BCUT2D eigenvalue weighted by Gasteiger charge is -2.31. The van der Waals surface area contributed by atoms with Crippen LogP contribution in [0.1, 0.15) is 33.6 Å². The van der Waals surface area contributed by atoms with E-state index >= 15 is 0 Å². The lowest BCUT2D eigenvalue weighted by atomic mass is 10.00. The molecular weight excluding hydrogens is 362 g/mol. The Kier molecular flexibility index (Phi) is 9.81. The van der Waals surface area contributed by atoms with Gasteiger partial charge in [0.15, 0.2) is 6.61 Å². The molecule has 2 N–H and O–H groups in total. The van der Waals surface area contributed by atoms with Crippen LogP contribution < -0.4 is 10.6 Å². The summed E-state index contributed by atoms with van der Waals surface area (Å²) in [7, 11) is 0. The summed E-state index contributed by atoms with van der Waals surface area (Å²) in [5, 5.41) is 4.65. The van der Waals surface area contributed by atoms with Gasteiger partial charge < -0.3 is 15.0 Å². The lowest BCUT2D eigenvalue weighted by molar-refractivity contribution is -0.145. The number of urea groups is 1. The zero-order chi connectivity index (χ0) is 18.8. The first-order chi connectivity index (χ1) is 11.8. The van der Waals surface area contributed by atoms with Gasteiger partial charge in [-0.1, -0.05) is 44.8 Å². The molecule has 9 heteroatoms. The second-order valence-corrected chi connectivity index (χ2v) is 8.15. The van der Waals surface area contributed by atoms with E-state index in [4.69, 9.17) is 17.0 Å². The normalized spacial score (nSPS) is 15.0. The van der Waals surface area contributed by atoms with Gasteiger partial charge in [0.1, 0.15) is 4.32 Å². The van der Waals surface area contributed by atoms with Crippen LogP contribution in [0, 0.1) is 11.8 Å². The van der Waals surface area contributed by atoms with Crippen molar-refractivity contribution in [2.75, 3.05) is 32.0 Å². The van der Waals surface area contributed by atoms with Gasteiger partial charge in [0, 0.05) is 19.6 Å². The minimum atomic E-state index is -0.660. The SMILES string of the molecule is CC(C)CNC(=O)NC(=O)COC(=O)CSC(=S)N1CCC(C)CC1. The number of carbonyl (C=O) groups excluding carboxylic acids is 3. The fourth-order valence-electron chi connectivity index (χ4n) is 2.09. The average Bonchev–Trinajstić information content (AvgIpc) is 2.56. The van der Waals surface area contributed by atoms with E-state index in [-0.39, 0.29) is 11.7 Å². The smallest absolute Gasteiger partial charge is 0.321 e. The van der Waals surface area contributed by atoms with E-state index in [0.717, 1.165) is 25.9 Å². The Morgan fingerprint density at radius 2 is 1.92 bits per heavy atom. The molecule has 0 saturated carbocycles. The molecule has 1 fully saturated rings. The third-order valence-corrected chi connectivity index (χ3v) is 5.14. The molecule has 0 bridgehead atoms. The molecule has 0 radical (unpaired) electrons. The molecule has 1 aliphatic rings. The molecule has 3 amide bonds. The minimum absolute atomic E-state index is 0.0533. The van der Waals surface area contributed by atoms with Crippen LogP contribution in [0.5, 0.6) is 0 Å². The van der Waals surface area contributed by atoms with E-state index in [1.165, 1.54) is 11.8 Å². The van der Waals surface area contributed by atoms with Crippen molar-refractivity contribution in [2.24, 2.45) is 11.8 Å². The molecule has 1 rings (SSSR count). The molecule has 0 aromatic heterocycles. The van der Waals surface area contributed by atoms with Crippen LogP contribution in [0.25, 0.3) is 0 Å². The molecule has 0 aromatic carbocycles. The van der Waals surface area contributed by atoms with Crippen LogP contribution >= 0.6 is 24.0 Å². The van der Waals surface area contributed by atoms with Crippen LogP contribution in [-0.4, -0.2) is 59.1 Å². The summed E-state index contributed by atoms with van der Waals surface area (Å²) < 4.78 is 5.54. The summed E-state index contributed by atoms with van der Waals surface area (Å²) in [6, 6.07) is -0.593. The number of carbonyl (C=O) groups is 3. The number of ether oxygens (including phenoxy) is 1. The molecule has 7 nitrogen and oxygen atoms in total. The summed E-state index contributed by atoms with van der Waals surface area (Å²) in [6.45, 7) is 7.91. The molecule has 0 aliphatic carbocycles. The van der Waals surface area contributed by atoms with Crippen molar-refractivity contribution in [3.63, 3.8) is 0 Å². The van der Waals surface area contributed by atoms with Crippen LogP contribution in [-0.2, 0) is 14.3 Å². The van der Waals surface area contributed by atoms with Crippen LogP contribution in [0.3, 0.4) is 0 Å². The number of rotatable bonds is 6. The van der Waals surface area contributed by atoms with E-state index in [1.54, 1.807) is 0 Å². The van der Waals surface area contributed by atoms with Crippen molar-refractivity contribution in [1.82, 2.24) is 15.5 Å². The third kappa shape index (κ3) is 9.64. The van der Waals surface area contributed by atoms with Gasteiger partial charge in [0.25, 0.3) is 5.91 Å². The third-order valence-electron chi connectivity index (χ3n) is 3.64. The zero-order valence-electron chi connectivity index (χ0n) is 15.0. The van der Waals surface area contributed by atoms with Gasteiger partial charge in [-0.3, -0.25) is 14.9 Å². The molecule has 0 aromatic rings. The Hall–Kier alpha value is -1.35. The number of amides is 3. The number of thiocarbonyl (C=S) groups is 1. The first-order valence-electron chi connectivity index (χ1n) is 8.43. The Labute approximate surface area is 158 Å². The van der Waals surface area contributed by atoms with Crippen LogP contribution in [0.15, 0.2) is 0 Å². The molecule has 1 aliphatic heterocycles. The predicted octanol–water partition coefficient (Wildman–Crippen LogP) is 1.76.